The number of fused-ring (bicyclic) bond motifs is 1. The minimum absolute atomic E-state index is 0.0325. The van der Waals surface area contributed by atoms with Gasteiger partial charge in [0, 0.05) is 5.02 Å². The Morgan fingerprint density at radius 3 is 2.69 bits per heavy atom. The Morgan fingerprint density at radius 1 is 1.23 bits per heavy atom. The Labute approximate surface area is 156 Å². The molecule has 3 rings (SSSR count). The van der Waals surface area contributed by atoms with Gasteiger partial charge in [-0.25, -0.2) is 13.4 Å². The molecule has 0 bridgehead atoms. The largest absolute Gasteiger partial charge is 0.294 e. The summed E-state index contributed by atoms with van der Waals surface area (Å²) in [4.78, 5) is 17.3. The van der Waals surface area contributed by atoms with Gasteiger partial charge in [0.1, 0.15) is 0 Å². The van der Waals surface area contributed by atoms with Gasteiger partial charge in [-0.15, -0.1) is 0 Å². The van der Waals surface area contributed by atoms with E-state index in [0.29, 0.717) is 21.5 Å². The van der Waals surface area contributed by atoms with Crippen molar-refractivity contribution in [3.05, 3.63) is 75.8 Å². The SMILES string of the molecule is C=Cc1ccc2ncn(Cc3cc(Cl)ccc3S(=O)(=O)CC)c(=O)c2c1. The minimum atomic E-state index is -3.44. The van der Waals surface area contributed by atoms with E-state index in [1.54, 1.807) is 31.2 Å². The summed E-state index contributed by atoms with van der Waals surface area (Å²) in [6, 6.07) is 9.88. The van der Waals surface area contributed by atoms with Crippen LogP contribution in [0.2, 0.25) is 5.02 Å². The number of halogens is 1. The Hall–Kier alpha value is -2.44. The van der Waals surface area contributed by atoms with Crippen molar-refractivity contribution in [3.8, 4) is 0 Å². The number of nitrogens with zero attached hydrogens (tertiary/aromatic N) is 2. The van der Waals surface area contributed by atoms with Crippen LogP contribution in [-0.2, 0) is 16.4 Å². The Bertz CT molecular complexity index is 1170. The summed E-state index contributed by atoms with van der Waals surface area (Å²) >= 11 is 6.04. The number of hydrogen-bond acceptors (Lipinski definition) is 4. The molecule has 1 aromatic heterocycles. The van der Waals surface area contributed by atoms with E-state index in [9.17, 15) is 13.2 Å². The summed E-state index contributed by atoms with van der Waals surface area (Å²) in [5, 5.41) is 0.859. The molecule has 0 aliphatic carbocycles. The molecule has 0 atom stereocenters. The predicted octanol–water partition coefficient (Wildman–Crippen LogP) is 3.53. The zero-order valence-corrected chi connectivity index (χ0v) is 15.7. The van der Waals surface area contributed by atoms with E-state index in [1.165, 1.54) is 23.0 Å². The molecular formula is C19H17ClN2O3S. The molecule has 0 aliphatic rings. The molecule has 0 fully saturated rings. The fraction of sp³-hybridized carbons (Fsp3) is 0.158. The van der Waals surface area contributed by atoms with E-state index in [0.717, 1.165) is 5.56 Å². The zero-order chi connectivity index (χ0) is 18.9. The Kier molecular flexibility index (Phi) is 4.98. The molecule has 26 heavy (non-hydrogen) atoms. The van der Waals surface area contributed by atoms with Gasteiger partial charge in [0.05, 0.1) is 34.4 Å². The van der Waals surface area contributed by atoms with E-state index in [2.05, 4.69) is 11.6 Å². The van der Waals surface area contributed by atoms with Crippen LogP contribution in [0.25, 0.3) is 17.0 Å². The van der Waals surface area contributed by atoms with Gasteiger partial charge in [-0.3, -0.25) is 9.36 Å². The molecule has 3 aromatic rings. The molecule has 0 saturated carbocycles. The van der Waals surface area contributed by atoms with Crippen LogP contribution in [0.4, 0.5) is 0 Å². The maximum absolute atomic E-state index is 12.8. The van der Waals surface area contributed by atoms with Gasteiger partial charge >= 0.3 is 0 Å². The van der Waals surface area contributed by atoms with Crippen LogP contribution >= 0.6 is 11.6 Å². The number of sulfone groups is 1. The molecule has 134 valence electrons. The maximum Gasteiger partial charge on any atom is 0.261 e. The first-order valence-electron chi connectivity index (χ1n) is 7.98. The molecular weight excluding hydrogens is 372 g/mol. The smallest absolute Gasteiger partial charge is 0.261 e. The molecule has 0 radical (unpaired) electrons. The summed E-state index contributed by atoms with van der Waals surface area (Å²) in [6.45, 7) is 5.35. The number of rotatable bonds is 5. The minimum Gasteiger partial charge on any atom is -0.294 e. The second-order valence-corrected chi connectivity index (χ2v) is 8.50. The van der Waals surface area contributed by atoms with Crippen LogP contribution in [0.3, 0.4) is 0 Å². The molecule has 0 amide bonds. The standard InChI is InChI=1S/C19H17ClN2O3S/c1-3-13-5-7-17-16(9-13)19(23)22(12-21-17)11-14-10-15(20)6-8-18(14)26(24,25)4-2/h3,5-10,12H,1,4,11H2,2H3. The lowest BCUT2D eigenvalue weighted by Crippen LogP contribution is -2.22. The molecule has 1 heterocycles. The summed E-state index contributed by atoms with van der Waals surface area (Å²) in [6.07, 6.45) is 3.07. The topological polar surface area (TPSA) is 69.0 Å². The highest BCUT2D eigenvalue weighted by Gasteiger charge is 2.18. The monoisotopic (exact) mass is 388 g/mol. The van der Waals surface area contributed by atoms with Gasteiger partial charge in [0.25, 0.3) is 5.56 Å². The van der Waals surface area contributed by atoms with Crippen LogP contribution in [-0.4, -0.2) is 23.7 Å². The lowest BCUT2D eigenvalue weighted by Gasteiger charge is -2.12. The molecule has 0 N–H and O–H groups in total. The first kappa shape index (κ1) is 18.4. The highest BCUT2D eigenvalue weighted by Crippen LogP contribution is 2.22. The van der Waals surface area contributed by atoms with E-state index in [-0.39, 0.29) is 22.8 Å². The van der Waals surface area contributed by atoms with Crippen molar-refractivity contribution in [3.63, 3.8) is 0 Å². The molecule has 0 spiro atoms. The van der Waals surface area contributed by atoms with Crippen molar-refractivity contribution in [1.29, 1.82) is 0 Å². The van der Waals surface area contributed by atoms with Gasteiger partial charge in [-0.1, -0.05) is 37.2 Å². The summed E-state index contributed by atoms with van der Waals surface area (Å²) < 4.78 is 26.1. The van der Waals surface area contributed by atoms with Crippen LogP contribution < -0.4 is 5.56 Å². The molecule has 0 aliphatic heterocycles. The van der Waals surface area contributed by atoms with Crippen LogP contribution in [0.5, 0.6) is 0 Å². The van der Waals surface area contributed by atoms with Crippen molar-refractivity contribution in [2.45, 2.75) is 18.4 Å². The summed E-state index contributed by atoms with van der Waals surface area (Å²) in [5.74, 6) is -0.0325. The van der Waals surface area contributed by atoms with Crippen molar-refractivity contribution in [2.24, 2.45) is 0 Å². The van der Waals surface area contributed by atoms with E-state index >= 15 is 0 Å². The van der Waals surface area contributed by atoms with Crippen molar-refractivity contribution < 1.29 is 8.42 Å². The summed E-state index contributed by atoms with van der Waals surface area (Å²) in [7, 11) is -3.44. The maximum atomic E-state index is 12.8. The second kappa shape index (κ2) is 7.05. The van der Waals surface area contributed by atoms with Crippen LogP contribution in [0, 0.1) is 0 Å². The van der Waals surface area contributed by atoms with Gasteiger partial charge in [-0.2, -0.15) is 0 Å². The normalized spacial score (nSPS) is 11.6. The molecule has 0 unspecified atom stereocenters. The predicted molar refractivity (Wildman–Crippen MR) is 104 cm³/mol. The molecule has 5 nitrogen and oxygen atoms in total. The fourth-order valence-electron chi connectivity index (χ4n) is 2.73. The van der Waals surface area contributed by atoms with Gasteiger partial charge < -0.3 is 0 Å². The fourth-order valence-corrected chi connectivity index (χ4v) is 4.03. The highest BCUT2D eigenvalue weighted by molar-refractivity contribution is 7.91. The van der Waals surface area contributed by atoms with Crippen LogP contribution in [0.1, 0.15) is 18.1 Å². The molecule has 0 saturated heterocycles. The van der Waals surface area contributed by atoms with Crippen molar-refractivity contribution in [2.75, 3.05) is 5.75 Å². The average Bonchev–Trinajstić information content (AvgIpc) is 2.63. The van der Waals surface area contributed by atoms with Gasteiger partial charge in [0.15, 0.2) is 9.84 Å². The van der Waals surface area contributed by atoms with Crippen LogP contribution in [0.15, 0.2) is 59.0 Å². The van der Waals surface area contributed by atoms with E-state index < -0.39 is 9.84 Å². The van der Waals surface area contributed by atoms with Gasteiger partial charge in [-0.05, 0) is 41.5 Å². The Balaban J connectivity index is 2.16. The number of hydrogen-bond donors (Lipinski definition) is 0. The quantitative estimate of drug-likeness (QED) is 0.670. The van der Waals surface area contributed by atoms with Crippen molar-refractivity contribution >= 4 is 38.4 Å². The zero-order valence-electron chi connectivity index (χ0n) is 14.1. The number of aromatic nitrogens is 2. The lowest BCUT2D eigenvalue weighted by molar-refractivity contribution is 0.595. The number of benzene rings is 2. The first-order chi connectivity index (χ1) is 12.4. The third-order valence-electron chi connectivity index (χ3n) is 4.16. The molecule has 7 heteroatoms. The van der Waals surface area contributed by atoms with E-state index in [1.807, 2.05) is 6.07 Å². The summed E-state index contributed by atoms with van der Waals surface area (Å²) in [5.41, 5.74) is 1.59. The highest BCUT2D eigenvalue weighted by atomic mass is 35.5. The Morgan fingerprint density at radius 2 is 2.00 bits per heavy atom. The third-order valence-corrected chi connectivity index (χ3v) is 6.23. The average molecular weight is 389 g/mol. The van der Waals surface area contributed by atoms with Crippen molar-refractivity contribution in [1.82, 2.24) is 9.55 Å². The lowest BCUT2D eigenvalue weighted by atomic mass is 10.1. The van der Waals surface area contributed by atoms with Gasteiger partial charge in [0.2, 0.25) is 0 Å². The molecule has 2 aromatic carbocycles. The third kappa shape index (κ3) is 3.43. The first-order valence-corrected chi connectivity index (χ1v) is 10.0. The van der Waals surface area contributed by atoms with E-state index in [4.69, 9.17) is 11.6 Å². The second-order valence-electron chi connectivity index (χ2n) is 5.81.